The summed E-state index contributed by atoms with van der Waals surface area (Å²) in [4.78, 5) is 18.1. The van der Waals surface area contributed by atoms with Crippen LogP contribution in [0, 0.1) is 6.92 Å². The van der Waals surface area contributed by atoms with E-state index < -0.39 is 11.7 Å². The fourth-order valence-electron chi connectivity index (χ4n) is 2.63. The first-order chi connectivity index (χ1) is 10.4. The molecule has 114 valence electrons. The van der Waals surface area contributed by atoms with Gasteiger partial charge in [-0.1, -0.05) is 0 Å². The number of halogens is 3. The Kier molecular flexibility index (Phi) is 3.39. The summed E-state index contributed by atoms with van der Waals surface area (Å²) in [6, 6.07) is 5.08. The van der Waals surface area contributed by atoms with Crippen LogP contribution in [0.3, 0.4) is 0 Å². The fraction of sp³-hybridized carbons (Fsp3) is 0.250. The van der Waals surface area contributed by atoms with Crippen molar-refractivity contribution in [1.82, 2.24) is 4.98 Å². The zero-order valence-corrected chi connectivity index (χ0v) is 11.8. The Hall–Kier alpha value is -2.37. The molecular weight excluding hydrogens is 293 g/mol. The van der Waals surface area contributed by atoms with Crippen LogP contribution in [0.2, 0.25) is 0 Å². The molecular formula is C16H13F3N2O. The molecule has 1 amide bonds. The highest BCUT2D eigenvalue weighted by molar-refractivity contribution is 6.08. The van der Waals surface area contributed by atoms with Crippen molar-refractivity contribution in [2.45, 2.75) is 19.5 Å². The summed E-state index contributed by atoms with van der Waals surface area (Å²) in [5, 5.41) is 0. The molecule has 22 heavy (non-hydrogen) atoms. The van der Waals surface area contributed by atoms with Gasteiger partial charge in [-0.2, -0.15) is 13.2 Å². The van der Waals surface area contributed by atoms with E-state index in [1.807, 2.05) is 6.92 Å². The number of carbonyl (C=O) groups is 1. The molecule has 0 atom stereocenters. The van der Waals surface area contributed by atoms with E-state index in [1.165, 1.54) is 6.07 Å². The summed E-state index contributed by atoms with van der Waals surface area (Å²) in [6.07, 6.45) is -0.770. The van der Waals surface area contributed by atoms with Gasteiger partial charge >= 0.3 is 6.18 Å². The summed E-state index contributed by atoms with van der Waals surface area (Å²) >= 11 is 0. The van der Waals surface area contributed by atoms with Gasteiger partial charge in [0.1, 0.15) is 0 Å². The maximum absolute atomic E-state index is 12.7. The average Bonchev–Trinajstić information content (AvgIpc) is 2.47. The maximum atomic E-state index is 12.7. The first-order valence-electron chi connectivity index (χ1n) is 6.80. The van der Waals surface area contributed by atoms with E-state index in [-0.39, 0.29) is 5.91 Å². The predicted octanol–water partition coefficient (Wildman–Crippen LogP) is 3.61. The summed E-state index contributed by atoms with van der Waals surface area (Å²) in [5.41, 5.74) is 1.64. The fourth-order valence-corrected chi connectivity index (χ4v) is 2.63. The Morgan fingerprint density at radius 1 is 1.23 bits per heavy atom. The molecule has 2 aromatic rings. The smallest absolute Gasteiger partial charge is 0.306 e. The number of alkyl halides is 3. The minimum atomic E-state index is -4.39. The molecule has 2 heterocycles. The van der Waals surface area contributed by atoms with Gasteiger partial charge in [0, 0.05) is 18.3 Å². The average molecular weight is 306 g/mol. The second kappa shape index (κ2) is 5.12. The van der Waals surface area contributed by atoms with Crippen LogP contribution in [0.4, 0.5) is 18.9 Å². The van der Waals surface area contributed by atoms with Gasteiger partial charge in [-0.05, 0) is 48.7 Å². The van der Waals surface area contributed by atoms with Crippen molar-refractivity contribution in [3.63, 3.8) is 0 Å². The van der Waals surface area contributed by atoms with Gasteiger partial charge in [-0.25, -0.2) is 0 Å². The summed E-state index contributed by atoms with van der Waals surface area (Å²) in [5.74, 6) is -0.286. The van der Waals surface area contributed by atoms with Gasteiger partial charge in [0.05, 0.1) is 17.4 Å². The van der Waals surface area contributed by atoms with Crippen molar-refractivity contribution in [2.75, 3.05) is 11.4 Å². The standard InChI is InChI=1S/C16H13F3N2O/c1-10-4-6-20-9-14(10)21-7-5-11-8-12(16(17,18)19)2-3-13(11)15(21)22/h2-4,6,8-9H,5,7H2,1H3. The van der Waals surface area contributed by atoms with E-state index in [1.54, 1.807) is 23.4 Å². The quantitative estimate of drug-likeness (QED) is 0.806. The van der Waals surface area contributed by atoms with E-state index >= 15 is 0 Å². The number of aryl methyl sites for hydroxylation is 1. The molecule has 0 N–H and O–H groups in total. The molecule has 0 saturated carbocycles. The Morgan fingerprint density at radius 2 is 2.00 bits per heavy atom. The van der Waals surface area contributed by atoms with Crippen LogP contribution >= 0.6 is 0 Å². The third kappa shape index (κ3) is 2.45. The van der Waals surface area contributed by atoms with E-state index in [9.17, 15) is 18.0 Å². The number of anilines is 1. The van der Waals surface area contributed by atoms with E-state index in [4.69, 9.17) is 0 Å². The maximum Gasteiger partial charge on any atom is 0.416 e. The van der Waals surface area contributed by atoms with Gasteiger partial charge in [-0.15, -0.1) is 0 Å². The van der Waals surface area contributed by atoms with E-state index in [2.05, 4.69) is 4.98 Å². The van der Waals surface area contributed by atoms with Crippen LogP contribution in [-0.2, 0) is 12.6 Å². The Bertz CT molecular complexity index is 740. The molecule has 0 bridgehead atoms. The Labute approximate surface area is 125 Å². The van der Waals surface area contributed by atoms with E-state index in [0.717, 1.165) is 17.7 Å². The predicted molar refractivity (Wildman–Crippen MR) is 75.8 cm³/mol. The SMILES string of the molecule is Cc1ccncc1N1CCc2cc(C(F)(F)F)ccc2C1=O. The first-order valence-corrected chi connectivity index (χ1v) is 6.80. The minimum Gasteiger partial charge on any atom is -0.306 e. The zero-order chi connectivity index (χ0) is 15.9. The highest BCUT2D eigenvalue weighted by Gasteiger charge is 2.33. The van der Waals surface area contributed by atoms with Gasteiger partial charge in [-0.3, -0.25) is 9.78 Å². The van der Waals surface area contributed by atoms with Crippen LogP contribution in [0.1, 0.15) is 27.0 Å². The molecule has 1 aliphatic heterocycles. The summed E-state index contributed by atoms with van der Waals surface area (Å²) in [6.45, 7) is 2.21. The molecule has 1 aromatic heterocycles. The lowest BCUT2D eigenvalue weighted by molar-refractivity contribution is -0.137. The molecule has 0 saturated heterocycles. The normalized spacial score (nSPS) is 14.9. The van der Waals surface area contributed by atoms with Crippen LogP contribution < -0.4 is 4.90 Å². The van der Waals surface area contributed by atoms with Crippen LogP contribution in [-0.4, -0.2) is 17.4 Å². The first kappa shape index (κ1) is 14.6. The molecule has 0 unspecified atom stereocenters. The number of benzene rings is 1. The second-order valence-corrected chi connectivity index (χ2v) is 5.24. The summed E-state index contributed by atoms with van der Waals surface area (Å²) < 4.78 is 38.2. The second-order valence-electron chi connectivity index (χ2n) is 5.24. The molecule has 0 radical (unpaired) electrons. The molecule has 1 aliphatic rings. The van der Waals surface area contributed by atoms with Crippen molar-refractivity contribution in [2.24, 2.45) is 0 Å². The number of aromatic nitrogens is 1. The highest BCUT2D eigenvalue weighted by Crippen LogP contribution is 2.33. The Morgan fingerprint density at radius 3 is 2.68 bits per heavy atom. The minimum absolute atomic E-state index is 0.286. The van der Waals surface area contributed by atoms with Crippen molar-refractivity contribution in [3.8, 4) is 0 Å². The number of hydrogen-bond donors (Lipinski definition) is 0. The number of rotatable bonds is 1. The summed E-state index contributed by atoms with van der Waals surface area (Å²) in [7, 11) is 0. The zero-order valence-electron chi connectivity index (χ0n) is 11.8. The number of amides is 1. The lowest BCUT2D eigenvalue weighted by atomic mass is 9.96. The van der Waals surface area contributed by atoms with Gasteiger partial charge < -0.3 is 4.90 Å². The number of carbonyl (C=O) groups excluding carboxylic acids is 1. The Balaban J connectivity index is 1.99. The molecule has 0 fully saturated rings. The van der Waals surface area contributed by atoms with Crippen LogP contribution in [0.25, 0.3) is 0 Å². The highest BCUT2D eigenvalue weighted by atomic mass is 19.4. The molecule has 0 aliphatic carbocycles. The number of pyridine rings is 1. The van der Waals surface area contributed by atoms with Crippen molar-refractivity contribution >= 4 is 11.6 Å². The number of fused-ring (bicyclic) bond motifs is 1. The largest absolute Gasteiger partial charge is 0.416 e. The molecule has 6 heteroatoms. The topological polar surface area (TPSA) is 33.2 Å². The van der Waals surface area contributed by atoms with Crippen molar-refractivity contribution in [1.29, 1.82) is 0 Å². The van der Waals surface area contributed by atoms with Crippen molar-refractivity contribution in [3.05, 3.63) is 58.9 Å². The molecule has 0 spiro atoms. The third-order valence-corrected chi connectivity index (χ3v) is 3.82. The van der Waals surface area contributed by atoms with Gasteiger partial charge in [0.2, 0.25) is 0 Å². The lowest BCUT2D eigenvalue weighted by Crippen LogP contribution is -2.38. The van der Waals surface area contributed by atoms with E-state index in [0.29, 0.717) is 29.8 Å². The third-order valence-electron chi connectivity index (χ3n) is 3.82. The van der Waals surface area contributed by atoms with Crippen LogP contribution in [0.5, 0.6) is 0 Å². The number of hydrogen-bond acceptors (Lipinski definition) is 2. The molecule has 1 aromatic carbocycles. The molecule has 3 rings (SSSR count). The lowest BCUT2D eigenvalue weighted by Gasteiger charge is -2.29. The molecule has 3 nitrogen and oxygen atoms in total. The monoisotopic (exact) mass is 306 g/mol. The number of nitrogens with zero attached hydrogens (tertiary/aromatic N) is 2. The van der Waals surface area contributed by atoms with Gasteiger partial charge in [0.15, 0.2) is 0 Å². The van der Waals surface area contributed by atoms with Crippen molar-refractivity contribution < 1.29 is 18.0 Å². The van der Waals surface area contributed by atoms with Gasteiger partial charge in [0.25, 0.3) is 5.91 Å². The van der Waals surface area contributed by atoms with Crippen LogP contribution in [0.15, 0.2) is 36.7 Å².